The summed E-state index contributed by atoms with van der Waals surface area (Å²) in [6.45, 7) is 0. The first-order valence-corrected chi connectivity index (χ1v) is 7.41. The van der Waals surface area contributed by atoms with Gasteiger partial charge in [-0.05, 0) is 24.3 Å². The number of hydrogen-bond acceptors (Lipinski definition) is 9. The Bertz CT molecular complexity index is 953. The summed E-state index contributed by atoms with van der Waals surface area (Å²) in [4.78, 5) is 59.0. The third-order valence-electron chi connectivity index (χ3n) is 3.22. The molecule has 0 amide bonds. The predicted octanol–water partition coefficient (Wildman–Crippen LogP) is 2.92. The third kappa shape index (κ3) is 5.52. The highest BCUT2D eigenvalue weighted by atomic mass is 19.4. The fourth-order valence-corrected chi connectivity index (χ4v) is 2.05. The van der Waals surface area contributed by atoms with Gasteiger partial charge in [-0.3, -0.25) is 4.89 Å². The molecule has 0 aliphatic carbocycles. The number of carbonyl (C=O) groups is 4. The summed E-state index contributed by atoms with van der Waals surface area (Å²) in [6.07, 6.45) is -5.29. The molecule has 29 heavy (non-hydrogen) atoms. The van der Waals surface area contributed by atoms with E-state index in [1.54, 1.807) is 0 Å². The molecule has 1 N–H and O–H groups in total. The minimum atomic E-state index is -5.29. The Labute approximate surface area is 159 Å². The molecule has 2 aromatic rings. The second kappa shape index (κ2) is 8.84. The Balaban J connectivity index is 2.16. The van der Waals surface area contributed by atoms with Gasteiger partial charge in [-0.15, -0.1) is 13.2 Å². The van der Waals surface area contributed by atoms with E-state index in [2.05, 4.69) is 19.4 Å². The van der Waals surface area contributed by atoms with Crippen LogP contribution < -0.4 is 0 Å². The maximum Gasteiger partial charge on any atom is 0.575 e. The van der Waals surface area contributed by atoms with Crippen LogP contribution in [0, 0.1) is 0 Å². The number of hydrogen-bond donors (Lipinski definition) is 1. The smallest absolute Gasteiger partial charge is 0.369 e. The maximum atomic E-state index is 12.2. The average molecular weight is 414 g/mol. The molecule has 0 aliphatic heterocycles. The van der Waals surface area contributed by atoms with Crippen molar-refractivity contribution in [3.05, 3.63) is 70.8 Å². The molecule has 2 rings (SSSR count). The number of alkyl halides is 3. The van der Waals surface area contributed by atoms with E-state index >= 15 is 0 Å². The average Bonchev–Trinajstić information content (AvgIpc) is 2.69. The van der Waals surface area contributed by atoms with Crippen molar-refractivity contribution in [1.29, 1.82) is 0 Å². The van der Waals surface area contributed by atoms with E-state index in [9.17, 15) is 32.3 Å². The summed E-state index contributed by atoms with van der Waals surface area (Å²) in [6, 6.07) is 8.98. The SMILES string of the molecule is O=C(OO)c1ccccc1C(=O)OOC(=O)c1ccccc1C(=O)OC(F)(F)F. The zero-order chi connectivity index (χ0) is 21.6. The zero-order valence-electron chi connectivity index (χ0n) is 14.0. The van der Waals surface area contributed by atoms with Gasteiger partial charge in [-0.1, -0.05) is 24.3 Å². The second-order valence-electron chi connectivity index (χ2n) is 5.05. The predicted molar refractivity (Wildman–Crippen MR) is 83.2 cm³/mol. The van der Waals surface area contributed by atoms with Gasteiger partial charge in [0.25, 0.3) is 0 Å². The molecule has 0 aromatic heterocycles. The Morgan fingerprint density at radius 3 is 1.34 bits per heavy atom. The maximum absolute atomic E-state index is 12.2. The number of esters is 1. The van der Waals surface area contributed by atoms with Crippen LogP contribution in [0.5, 0.6) is 0 Å². The van der Waals surface area contributed by atoms with Crippen LogP contribution in [0.25, 0.3) is 0 Å². The summed E-state index contributed by atoms with van der Waals surface area (Å²) in [5, 5.41) is 8.41. The Morgan fingerprint density at radius 1 is 0.655 bits per heavy atom. The molecule has 2 aromatic carbocycles. The summed E-state index contributed by atoms with van der Waals surface area (Å²) < 4.78 is 39.9. The Morgan fingerprint density at radius 2 is 1.00 bits per heavy atom. The van der Waals surface area contributed by atoms with Crippen molar-refractivity contribution >= 4 is 23.9 Å². The van der Waals surface area contributed by atoms with Gasteiger partial charge in [0.1, 0.15) is 0 Å². The van der Waals surface area contributed by atoms with Crippen LogP contribution in [0.4, 0.5) is 13.2 Å². The lowest BCUT2D eigenvalue weighted by molar-refractivity contribution is -0.291. The molecule has 0 heterocycles. The largest absolute Gasteiger partial charge is 0.575 e. The van der Waals surface area contributed by atoms with E-state index in [4.69, 9.17) is 5.26 Å². The van der Waals surface area contributed by atoms with Crippen molar-refractivity contribution in [2.24, 2.45) is 0 Å². The standard InChI is InChI=1S/C17H9F3O9/c18-17(19,20)26-13(21)9-5-1-3-7-11(9)15(23)28-29-16(24)12-8-4-2-6-10(12)14(22)27-25/h1-8,25H. The first-order valence-electron chi connectivity index (χ1n) is 7.41. The molecule has 0 spiro atoms. The van der Waals surface area contributed by atoms with Crippen molar-refractivity contribution in [2.45, 2.75) is 6.36 Å². The third-order valence-corrected chi connectivity index (χ3v) is 3.22. The summed E-state index contributed by atoms with van der Waals surface area (Å²) in [5.74, 6) is -6.04. The van der Waals surface area contributed by atoms with Gasteiger partial charge in [0.15, 0.2) is 0 Å². The van der Waals surface area contributed by atoms with Gasteiger partial charge in [0.2, 0.25) is 0 Å². The molecule has 0 radical (unpaired) electrons. The molecule has 12 heteroatoms. The van der Waals surface area contributed by atoms with Gasteiger partial charge in [0.05, 0.1) is 22.3 Å². The minimum absolute atomic E-state index is 0.426. The zero-order valence-corrected chi connectivity index (χ0v) is 14.0. The molecule has 0 saturated heterocycles. The fraction of sp³-hybridized carbons (Fsp3) is 0.0588. The van der Waals surface area contributed by atoms with Gasteiger partial charge >= 0.3 is 30.2 Å². The van der Waals surface area contributed by atoms with Crippen molar-refractivity contribution in [3.63, 3.8) is 0 Å². The number of rotatable bonds is 4. The molecule has 0 saturated carbocycles. The van der Waals surface area contributed by atoms with Crippen LogP contribution in [0.1, 0.15) is 41.4 Å². The van der Waals surface area contributed by atoms with Crippen molar-refractivity contribution in [2.75, 3.05) is 0 Å². The lowest BCUT2D eigenvalue weighted by atomic mass is 10.1. The van der Waals surface area contributed by atoms with Crippen molar-refractivity contribution < 1.29 is 57.0 Å². The lowest BCUT2D eigenvalue weighted by Crippen LogP contribution is -2.22. The second-order valence-corrected chi connectivity index (χ2v) is 5.05. The molecule has 0 aliphatic rings. The van der Waals surface area contributed by atoms with Crippen LogP contribution in [-0.2, 0) is 19.4 Å². The van der Waals surface area contributed by atoms with Crippen molar-refractivity contribution in [3.8, 4) is 0 Å². The quantitative estimate of drug-likeness (QED) is 0.457. The minimum Gasteiger partial charge on any atom is -0.369 e. The van der Waals surface area contributed by atoms with E-state index in [0.717, 1.165) is 30.3 Å². The number of carbonyl (C=O) groups excluding carboxylic acids is 4. The van der Waals surface area contributed by atoms with E-state index < -0.39 is 52.5 Å². The normalized spacial score (nSPS) is 10.6. The highest BCUT2D eigenvalue weighted by molar-refractivity contribution is 6.04. The molecule has 0 bridgehead atoms. The Kier molecular flexibility index (Phi) is 6.51. The van der Waals surface area contributed by atoms with Crippen LogP contribution >= 0.6 is 0 Å². The van der Waals surface area contributed by atoms with E-state index in [1.807, 2.05) is 0 Å². The van der Waals surface area contributed by atoms with Gasteiger partial charge < -0.3 is 4.74 Å². The molecular formula is C17H9F3O9. The summed E-state index contributed by atoms with van der Waals surface area (Å²) >= 11 is 0. The molecular weight excluding hydrogens is 405 g/mol. The number of ether oxygens (including phenoxy) is 1. The van der Waals surface area contributed by atoms with Crippen molar-refractivity contribution in [1.82, 2.24) is 0 Å². The number of halogens is 3. The van der Waals surface area contributed by atoms with E-state index in [0.29, 0.717) is 0 Å². The first-order chi connectivity index (χ1) is 13.6. The molecule has 0 fully saturated rings. The lowest BCUT2D eigenvalue weighted by Gasteiger charge is -2.10. The monoisotopic (exact) mass is 414 g/mol. The van der Waals surface area contributed by atoms with Crippen LogP contribution in [0.15, 0.2) is 48.5 Å². The van der Waals surface area contributed by atoms with Crippen LogP contribution in [-0.4, -0.2) is 35.5 Å². The summed E-state index contributed by atoms with van der Waals surface area (Å²) in [7, 11) is 0. The number of benzene rings is 2. The molecule has 0 unspecified atom stereocenters. The van der Waals surface area contributed by atoms with Gasteiger partial charge in [-0.25, -0.2) is 29.0 Å². The fourth-order valence-electron chi connectivity index (χ4n) is 2.05. The van der Waals surface area contributed by atoms with Crippen LogP contribution in [0.2, 0.25) is 0 Å². The van der Waals surface area contributed by atoms with E-state index in [1.165, 1.54) is 18.2 Å². The van der Waals surface area contributed by atoms with Crippen LogP contribution in [0.3, 0.4) is 0 Å². The first kappa shape index (κ1) is 21.4. The van der Waals surface area contributed by atoms with Gasteiger partial charge in [0, 0.05) is 0 Å². The highest BCUT2D eigenvalue weighted by Gasteiger charge is 2.36. The molecule has 152 valence electrons. The van der Waals surface area contributed by atoms with Gasteiger partial charge in [-0.2, -0.15) is 5.26 Å². The molecule has 0 atom stereocenters. The highest BCUT2D eigenvalue weighted by Crippen LogP contribution is 2.21. The topological polar surface area (TPSA) is 125 Å². The molecule has 9 nitrogen and oxygen atoms in total. The summed E-state index contributed by atoms with van der Waals surface area (Å²) in [5.41, 5.74) is -2.36. The van der Waals surface area contributed by atoms with E-state index in [-0.39, 0.29) is 0 Å². The Hall–Kier alpha value is -3.93.